The summed E-state index contributed by atoms with van der Waals surface area (Å²) >= 11 is 3.41. The van der Waals surface area contributed by atoms with Crippen molar-refractivity contribution in [3.05, 3.63) is 88.5 Å². The average molecular weight is 424 g/mol. The molecular formula is C23H21NO3S2. The topological polar surface area (TPSA) is 51.5 Å². The fourth-order valence-corrected chi connectivity index (χ4v) is 5.01. The minimum atomic E-state index is -0.199. The maximum absolute atomic E-state index is 13.0. The lowest BCUT2D eigenvalue weighted by atomic mass is 10.1. The van der Waals surface area contributed by atoms with Crippen molar-refractivity contribution < 1.29 is 13.9 Å². The SMILES string of the molecule is COCc1ccccc1CNC(=O)c1oc2ccccc2c1CSc1cccs1. The summed E-state index contributed by atoms with van der Waals surface area (Å²) in [6.07, 6.45) is 0. The number of fused-ring (bicyclic) bond motifs is 1. The number of carbonyl (C=O) groups is 1. The van der Waals surface area contributed by atoms with Crippen LogP contribution in [0.25, 0.3) is 11.0 Å². The van der Waals surface area contributed by atoms with Crippen molar-refractivity contribution in [1.29, 1.82) is 0 Å². The van der Waals surface area contributed by atoms with E-state index in [9.17, 15) is 4.79 Å². The van der Waals surface area contributed by atoms with Crippen molar-refractivity contribution >= 4 is 40.0 Å². The zero-order valence-corrected chi connectivity index (χ0v) is 17.6. The van der Waals surface area contributed by atoms with E-state index in [1.807, 2.05) is 54.6 Å². The van der Waals surface area contributed by atoms with E-state index in [0.29, 0.717) is 24.7 Å². The standard InChI is InChI=1S/C23H21NO3S2/c1-26-14-17-8-3-2-7-16(17)13-24-23(25)22-19(15-29-21-11-6-12-28-21)18-9-4-5-10-20(18)27-22/h2-12H,13-15H2,1H3,(H,24,25). The second kappa shape index (κ2) is 9.31. The predicted molar refractivity (Wildman–Crippen MR) is 118 cm³/mol. The molecule has 0 saturated carbocycles. The van der Waals surface area contributed by atoms with E-state index >= 15 is 0 Å². The van der Waals surface area contributed by atoms with Gasteiger partial charge in [0.15, 0.2) is 5.76 Å². The molecule has 4 rings (SSSR count). The van der Waals surface area contributed by atoms with Crippen LogP contribution in [0.5, 0.6) is 0 Å². The molecular weight excluding hydrogens is 402 g/mol. The van der Waals surface area contributed by atoms with Crippen LogP contribution in [0.4, 0.5) is 0 Å². The van der Waals surface area contributed by atoms with Gasteiger partial charge < -0.3 is 14.5 Å². The molecule has 0 radical (unpaired) electrons. The van der Waals surface area contributed by atoms with Crippen LogP contribution in [-0.2, 0) is 23.6 Å². The van der Waals surface area contributed by atoms with Gasteiger partial charge in [0.05, 0.1) is 10.8 Å². The molecule has 148 valence electrons. The Morgan fingerprint density at radius 3 is 2.66 bits per heavy atom. The summed E-state index contributed by atoms with van der Waals surface area (Å²) in [6.45, 7) is 0.937. The molecule has 0 aliphatic carbocycles. The van der Waals surface area contributed by atoms with Crippen molar-refractivity contribution in [1.82, 2.24) is 5.32 Å². The zero-order chi connectivity index (χ0) is 20.1. The van der Waals surface area contributed by atoms with Crippen molar-refractivity contribution in [2.24, 2.45) is 0 Å². The summed E-state index contributed by atoms with van der Waals surface area (Å²) in [5.74, 6) is 0.871. The summed E-state index contributed by atoms with van der Waals surface area (Å²) in [5, 5.41) is 6.06. The summed E-state index contributed by atoms with van der Waals surface area (Å²) in [7, 11) is 1.67. The number of methoxy groups -OCH3 is 1. The second-order valence-corrected chi connectivity index (χ2v) is 8.73. The lowest BCUT2D eigenvalue weighted by molar-refractivity contribution is 0.0924. The van der Waals surface area contributed by atoms with E-state index in [2.05, 4.69) is 16.8 Å². The third-order valence-electron chi connectivity index (χ3n) is 4.62. The Morgan fingerprint density at radius 2 is 1.86 bits per heavy atom. The summed E-state index contributed by atoms with van der Waals surface area (Å²) in [4.78, 5) is 13.0. The number of ether oxygens (including phenoxy) is 1. The highest BCUT2D eigenvalue weighted by Gasteiger charge is 2.20. The summed E-state index contributed by atoms with van der Waals surface area (Å²) < 4.78 is 12.4. The molecule has 0 spiro atoms. The molecule has 0 saturated heterocycles. The fourth-order valence-electron chi connectivity index (χ4n) is 3.20. The highest BCUT2D eigenvalue weighted by molar-refractivity contribution is 8.00. The smallest absolute Gasteiger partial charge is 0.287 e. The Kier molecular flexibility index (Phi) is 6.34. The molecule has 0 aliphatic rings. The van der Waals surface area contributed by atoms with Gasteiger partial charge in [0, 0.05) is 30.4 Å². The Bertz CT molecular complexity index is 1100. The van der Waals surface area contributed by atoms with Gasteiger partial charge in [0.1, 0.15) is 5.58 Å². The molecule has 0 unspecified atom stereocenters. The molecule has 2 aromatic carbocycles. The molecule has 4 aromatic rings. The zero-order valence-electron chi connectivity index (χ0n) is 16.0. The van der Waals surface area contributed by atoms with Gasteiger partial charge in [0.2, 0.25) is 0 Å². The van der Waals surface area contributed by atoms with E-state index in [4.69, 9.17) is 9.15 Å². The first kappa shape index (κ1) is 19.8. The van der Waals surface area contributed by atoms with Gasteiger partial charge >= 0.3 is 0 Å². The van der Waals surface area contributed by atoms with Crippen LogP contribution in [0, 0.1) is 0 Å². The third-order valence-corrected chi connectivity index (χ3v) is 6.77. The average Bonchev–Trinajstić information content (AvgIpc) is 3.39. The van der Waals surface area contributed by atoms with Crippen LogP contribution in [-0.4, -0.2) is 13.0 Å². The molecule has 4 nitrogen and oxygen atoms in total. The number of amides is 1. The van der Waals surface area contributed by atoms with Crippen LogP contribution in [0.1, 0.15) is 27.2 Å². The first-order chi connectivity index (χ1) is 14.3. The number of furan rings is 1. The second-order valence-electron chi connectivity index (χ2n) is 6.51. The number of thioether (sulfide) groups is 1. The number of rotatable bonds is 8. The van der Waals surface area contributed by atoms with E-state index in [1.54, 1.807) is 30.2 Å². The maximum Gasteiger partial charge on any atom is 0.287 e. The molecule has 2 aromatic heterocycles. The maximum atomic E-state index is 13.0. The van der Waals surface area contributed by atoms with Gasteiger partial charge in [-0.15, -0.1) is 23.1 Å². The minimum Gasteiger partial charge on any atom is -0.451 e. The summed E-state index contributed by atoms with van der Waals surface area (Å²) in [5.41, 5.74) is 3.77. The number of nitrogens with one attached hydrogen (secondary N) is 1. The molecule has 29 heavy (non-hydrogen) atoms. The number of thiophene rings is 1. The first-order valence-electron chi connectivity index (χ1n) is 9.27. The van der Waals surface area contributed by atoms with Crippen LogP contribution in [0.15, 0.2) is 74.7 Å². The predicted octanol–water partition coefficient (Wildman–Crippen LogP) is 5.86. The van der Waals surface area contributed by atoms with Crippen LogP contribution >= 0.6 is 23.1 Å². The minimum absolute atomic E-state index is 0.199. The highest BCUT2D eigenvalue weighted by atomic mass is 32.2. The van der Waals surface area contributed by atoms with Gasteiger partial charge in [-0.2, -0.15) is 0 Å². The molecule has 1 N–H and O–H groups in total. The third kappa shape index (κ3) is 4.56. The van der Waals surface area contributed by atoms with Gasteiger partial charge in [-0.25, -0.2) is 0 Å². The quantitative estimate of drug-likeness (QED) is 0.361. The largest absolute Gasteiger partial charge is 0.451 e. The van der Waals surface area contributed by atoms with Crippen molar-refractivity contribution in [3.8, 4) is 0 Å². The van der Waals surface area contributed by atoms with E-state index < -0.39 is 0 Å². The normalized spacial score (nSPS) is 11.1. The van der Waals surface area contributed by atoms with Crippen molar-refractivity contribution in [3.63, 3.8) is 0 Å². The number of benzene rings is 2. The number of hydrogen-bond donors (Lipinski definition) is 1. The Hall–Kier alpha value is -2.54. The monoisotopic (exact) mass is 423 g/mol. The van der Waals surface area contributed by atoms with Crippen LogP contribution in [0.3, 0.4) is 0 Å². The van der Waals surface area contributed by atoms with Gasteiger partial charge in [-0.3, -0.25) is 4.79 Å². The summed E-state index contributed by atoms with van der Waals surface area (Å²) in [6, 6.07) is 19.9. The molecule has 2 heterocycles. The Labute approximate surface area is 177 Å². The first-order valence-corrected chi connectivity index (χ1v) is 11.1. The lowest BCUT2D eigenvalue weighted by Gasteiger charge is -2.10. The van der Waals surface area contributed by atoms with Crippen LogP contribution in [0.2, 0.25) is 0 Å². The Balaban J connectivity index is 1.56. The molecule has 6 heteroatoms. The highest BCUT2D eigenvalue weighted by Crippen LogP contribution is 2.33. The van der Waals surface area contributed by atoms with E-state index in [0.717, 1.165) is 27.7 Å². The van der Waals surface area contributed by atoms with Gasteiger partial charge in [-0.05, 0) is 28.6 Å². The molecule has 0 bridgehead atoms. The molecule has 0 aliphatic heterocycles. The Morgan fingerprint density at radius 1 is 1.07 bits per heavy atom. The van der Waals surface area contributed by atoms with Crippen molar-refractivity contribution in [2.75, 3.05) is 7.11 Å². The van der Waals surface area contributed by atoms with Gasteiger partial charge in [-0.1, -0.05) is 48.5 Å². The van der Waals surface area contributed by atoms with Crippen LogP contribution < -0.4 is 5.32 Å². The van der Waals surface area contributed by atoms with E-state index in [1.165, 1.54) is 4.21 Å². The molecule has 1 amide bonds. The van der Waals surface area contributed by atoms with E-state index in [-0.39, 0.29) is 5.91 Å². The number of para-hydroxylation sites is 1. The lowest BCUT2D eigenvalue weighted by Crippen LogP contribution is -2.24. The number of carbonyl (C=O) groups excluding carboxylic acids is 1. The fraction of sp³-hybridized carbons (Fsp3) is 0.174. The van der Waals surface area contributed by atoms with Crippen molar-refractivity contribution in [2.45, 2.75) is 23.1 Å². The molecule has 0 fully saturated rings. The van der Waals surface area contributed by atoms with Gasteiger partial charge in [0.25, 0.3) is 5.91 Å². The molecule has 0 atom stereocenters. The number of hydrogen-bond acceptors (Lipinski definition) is 5.